The number of hydrogen-bond acceptors (Lipinski definition) is 6. The predicted octanol–water partition coefficient (Wildman–Crippen LogP) is 3.06. The zero-order valence-corrected chi connectivity index (χ0v) is 18.8. The normalized spacial score (nSPS) is 15.9. The Morgan fingerprint density at radius 3 is 2.42 bits per heavy atom. The van der Waals surface area contributed by atoms with Crippen molar-refractivity contribution in [2.45, 2.75) is 37.2 Å². The van der Waals surface area contributed by atoms with Crippen LogP contribution in [0, 0.1) is 23.1 Å². The smallest absolute Gasteiger partial charge is 0.309 e. The lowest BCUT2D eigenvalue weighted by Crippen LogP contribution is -2.42. The Labute approximate surface area is 192 Å². The number of nitrogens with zero attached hydrogens (tertiary/aromatic N) is 2. The number of esters is 1. The second kappa shape index (κ2) is 10.6. The number of benzene rings is 2. The number of carbonyl (C=O) groups is 2. The summed E-state index contributed by atoms with van der Waals surface area (Å²) >= 11 is 0. The monoisotopic (exact) mass is 473 g/mol. The molecule has 1 N–H and O–H groups in total. The molecule has 1 atom stereocenters. The van der Waals surface area contributed by atoms with Crippen molar-refractivity contribution in [3.05, 3.63) is 59.9 Å². The van der Waals surface area contributed by atoms with E-state index in [1.54, 1.807) is 19.1 Å². The minimum Gasteiger partial charge on any atom is -0.452 e. The molecule has 1 aliphatic heterocycles. The van der Waals surface area contributed by atoms with Crippen molar-refractivity contribution >= 4 is 27.6 Å². The lowest BCUT2D eigenvalue weighted by molar-refractivity contribution is -0.159. The summed E-state index contributed by atoms with van der Waals surface area (Å²) < 4.78 is 45.6. The highest BCUT2D eigenvalue weighted by molar-refractivity contribution is 7.89. The van der Waals surface area contributed by atoms with Gasteiger partial charge in [-0.05, 0) is 55.7 Å². The molecule has 1 saturated heterocycles. The highest BCUT2D eigenvalue weighted by Gasteiger charge is 2.35. The second-order valence-corrected chi connectivity index (χ2v) is 9.52. The van der Waals surface area contributed by atoms with Crippen LogP contribution in [0.1, 0.15) is 31.7 Å². The molecular weight excluding hydrogens is 449 g/mol. The number of anilines is 1. The molecule has 1 amide bonds. The van der Waals surface area contributed by atoms with Gasteiger partial charge in [0, 0.05) is 18.8 Å². The SMILES string of the molecule is CC[C@H](OC(=O)C1CCN(S(=O)(=O)c2ccccc2C#N)CC1)C(=O)Nc1ccc(F)cc1. The number of rotatable bonds is 7. The van der Waals surface area contributed by atoms with E-state index in [1.807, 2.05) is 6.07 Å². The van der Waals surface area contributed by atoms with Crippen LogP contribution >= 0.6 is 0 Å². The minimum absolute atomic E-state index is 0.0583. The summed E-state index contributed by atoms with van der Waals surface area (Å²) in [6.07, 6.45) is -0.297. The van der Waals surface area contributed by atoms with E-state index in [4.69, 9.17) is 4.74 Å². The molecule has 33 heavy (non-hydrogen) atoms. The quantitative estimate of drug-likeness (QED) is 0.618. The first-order chi connectivity index (χ1) is 15.8. The summed E-state index contributed by atoms with van der Waals surface area (Å²) in [7, 11) is -3.86. The summed E-state index contributed by atoms with van der Waals surface area (Å²) in [5, 5.41) is 11.8. The maximum absolute atomic E-state index is 13.0. The first-order valence-electron chi connectivity index (χ1n) is 10.5. The Bertz CT molecular complexity index is 1150. The van der Waals surface area contributed by atoms with Crippen LogP contribution in [-0.2, 0) is 24.3 Å². The van der Waals surface area contributed by atoms with Crippen LogP contribution in [0.15, 0.2) is 53.4 Å². The first-order valence-corrected chi connectivity index (χ1v) is 12.0. The van der Waals surface area contributed by atoms with E-state index in [2.05, 4.69) is 5.32 Å². The number of piperidine rings is 1. The van der Waals surface area contributed by atoms with Crippen LogP contribution in [0.3, 0.4) is 0 Å². The van der Waals surface area contributed by atoms with E-state index in [9.17, 15) is 27.7 Å². The average Bonchev–Trinajstić information content (AvgIpc) is 2.83. The van der Waals surface area contributed by atoms with Gasteiger partial charge in [0.2, 0.25) is 10.0 Å². The fourth-order valence-corrected chi connectivity index (χ4v) is 5.18. The molecule has 1 fully saturated rings. The summed E-state index contributed by atoms with van der Waals surface area (Å²) in [6.45, 7) is 1.89. The molecule has 0 spiro atoms. The van der Waals surface area contributed by atoms with Gasteiger partial charge in [0.15, 0.2) is 6.10 Å². The van der Waals surface area contributed by atoms with Gasteiger partial charge in [-0.25, -0.2) is 12.8 Å². The van der Waals surface area contributed by atoms with E-state index in [0.717, 1.165) is 0 Å². The molecule has 0 unspecified atom stereocenters. The fraction of sp³-hybridized carbons (Fsp3) is 0.348. The van der Waals surface area contributed by atoms with Crippen molar-refractivity contribution < 1.29 is 27.1 Å². The molecular formula is C23H24FN3O5S. The Hall–Kier alpha value is -3.29. The van der Waals surface area contributed by atoms with Crippen LogP contribution in [-0.4, -0.2) is 43.8 Å². The third-order valence-electron chi connectivity index (χ3n) is 5.45. The van der Waals surface area contributed by atoms with Gasteiger partial charge in [-0.1, -0.05) is 19.1 Å². The molecule has 0 aliphatic carbocycles. The van der Waals surface area contributed by atoms with Crippen molar-refractivity contribution in [3.8, 4) is 6.07 Å². The Morgan fingerprint density at radius 2 is 1.82 bits per heavy atom. The van der Waals surface area contributed by atoms with E-state index >= 15 is 0 Å². The zero-order chi connectivity index (χ0) is 24.0. The number of halogens is 1. The third-order valence-corrected chi connectivity index (χ3v) is 7.40. The van der Waals surface area contributed by atoms with Crippen molar-refractivity contribution in [2.24, 2.45) is 5.92 Å². The molecule has 0 radical (unpaired) electrons. The molecule has 1 heterocycles. The van der Waals surface area contributed by atoms with E-state index in [1.165, 1.54) is 40.7 Å². The van der Waals surface area contributed by atoms with Crippen molar-refractivity contribution in [3.63, 3.8) is 0 Å². The number of amides is 1. The number of nitriles is 1. The Balaban J connectivity index is 1.58. The van der Waals surface area contributed by atoms with Crippen LogP contribution < -0.4 is 5.32 Å². The summed E-state index contributed by atoms with van der Waals surface area (Å²) in [6, 6.07) is 13.1. The molecule has 174 valence electrons. The van der Waals surface area contributed by atoms with Gasteiger partial charge >= 0.3 is 5.97 Å². The van der Waals surface area contributed by atoms with Crippen LogP contribution in [0.2, 0.25) is 0 Å². The van der Waals surface area contributed by atoms with E-state index in [0.29, 0.717) is 5.69 Å². The zero-order valence-electron chi connectivity index (χ0n) is 18.0. The molecule has 0 bridgehead atoms. The standard InChI is InChI=1S/C23H24FN3O5S/c1-2-20(22(28)26-19-9-7-18(24)8-10-19)32-23(29)16-11-13-27(14-12-16)33(30,31)21-6-4-3-5-17(21)15-25/h3-10,16,20H,2,11-14H2,1H3,(H,26,28)/t20-/m0/s1. The van der Waals surface area contributed by atoms with Crippen molar-refractivity contribution in [1.29, 1.82) is 5.26 Å². The summed E-state index contributed by atoms with van der Waals surface area (Å²) in [4.78, 5) is 25.0. The minimum atomic E-state index is -3.86. The highest BCUT2D eigenvalue weighted by atomic mass is 32.2. The topological polar surface area (TPSA) is 117 Å². The average molecular weight is 474 g/mol. The lowest BCUT2D eigenvalue weighted by atomic mass is 9.98. The Kier molecular flexibility index (Phi) is 7.79. The lowest BCUT2D eigenvalue weighted by Gasteiger charge is -2.31. The largest absolute Gasteiger partial charge is 0.452 e. The van der Waals surface area contributed by atoms with Crippen LogP contribution in [0.25, 0.3) is 0 Å². The molecule has 1 aliphatic rings. The van der Waals surface area contributed by atoms with Gasteiger partial charge in [0.25, 0.3) is 5.91 Å². The van der Waals surface area contributed by atoms with Crippen LogP contribution in [0.4, 0.5) is 10.1 Å². The van der Waals surface area contributed by atoms with E-state index < -0.39 is 39.7 Å². The van der Waals surface area contributed by atoms with Gasteiger partial charge < -0.3 is 10.1 Å². The second-order valence-electron chi connectivity index (χ2n) is 7.62. The summed E-state index contributed by atoms with van der Waals surface area (Å²) in [5.74, 6) is -2.07. The fourth-order valence-electron chi connectivity index (χ4n) is 3.57. The third kappa shape index (κ3) is 5.74. The molecule has 2 aromatic carbocycles. The van der Waals surface area contributed by atoms with Gasteiger partial charge in [0.1, 0.15) is 11.9 Å². The van der Waals surface area contributed by atoms with Gasteiger partial charge in [0.05, 0.1) is 16.4 Å². The number of hydrogen-bond donors (Lipinski definition) is 1. The molecule has 3 rings (SSSR count). The number of carbonyl (C=O) groups excluding carboxylic acids is 2. The number of sulfonamides is 1. The first kappa shape index (κ1) is 24.4. The van der Waals surface area contributed by atoms with Gasteiger partial charge in [-0.2, -0.15) is 9.57 Å². The van der Waals surface area contributed by atoms with Gasteiger partial charge in [-0.15, -0.1) is 0 Å². The predicted molar refractivity (Wildman–Crippen MR) is 118 cm³/mol. The maximum Gasteiger partial charge on any atom is 0.309 e. The molecule has 8 nitrogen and oxygen atoms in total. The van der Waals surface area contributed by atoms with Gasteiger partial charge in [-0.3, -0.25) is 9.59 Å². The van der Waals surface area contributed by atoms with Crippen LogP contribution in [0.5, 0.6) is 0 Å². The molecule has 0 aromatic heterocycles. The Morgan fingerprint density at radius 1 is 1.18 bits per heavy atom. The number of ether oxygens (including phenoxy) is 1. The van der Waals surface area contributed by atoms with E-state index in [-0.39, 0.29) is 42.8 Å². The molecule has 0 saturated carbocycles. The summed E-state index contributed by atoms with van der Waals surface area (Å²) in [5.41, 5.74) is 0.448. The van der Waals surface area contributed by atoms with Crippen molar-refractivity contribution in [2.75, 3.05) is 18.4 Å². The molecule has 10 heteroatoms. The maximum atomic E-state index is 13.0. The highest BCUT2D eigenvalue weighted by Crippen LogP contribution is 2.26. The molecule has 2 aromatic rings. The van der Waals surface area contributed by atoms with Crippen molar-refractivity contribution in [1.82, 2.24) is 4.31 Å². The number of nitrogens with one attached hydrogen (secondary N) is 1.